The summed E-state index contributed by atoms with van der Waals surface area (Å²) in [5, 5.41) is 26.1. The maximum Gasteiger partial charge on any atom is 0.326 e. The number of carboxylic acids is 1. The van der Waals surface area contributed by atoms with Crippen LogP contribution < -0.4 is 27.4 Å². The molecule has 0 aliphatic heterocycles. The largest absolute Gasteiger partial charge is 0.480 e. The van der Waals surface area contributed by atoms with Crippen LogP contribution in [-0.2, 0) is 24.0 Å². The number of nitrogens with one attached hydrogen (secondary N) is 3. The molecule has 0 bridgehead atoms. The number of hydrogen-bond acceptors (Lipinski definition) is 8. The summed E-state index contributed by atoms with van der Waals surface area (Å²) in [6.45, 7) is 4.84. The van der Waals surface area contributed by atoms with Crippen molar-refractivity contribution in [2.45, 2.75) is 70.3 Å². The number of hydrogen-bond donors (Lipinski definition) is 8. The molecule has 0 radical (unpaired) electrons. The summed E-state index contributed by atoms with van der Waals surface area (Å²) in [7, 11) is 0. The first kappa shape index (κ1) is 28.6. The Kier molecular flexibility index (Phi) is 12.8. The lowest BCUT2D eigenvalue weighted by Crippen LogP contribution is -2.60. The minimum atomic E-state index is -1.45. The number of aliphatic carboxylic acids is 1. The lowest BCUT2D eigenvalue weighted by molar-refractivity contribution is -0.142. The Morgan fingerprint density at radius 3 is 1.90 bits per heavy atom. The molecule has 31 heavy (non-hydrogen) atoms. The van der Waals surface area contributed by atoms with Gasteiger partial charge in [0, 0.05) is 12.2 Å². The minimum Gasteiger partial charge on any atom is -0.480 e. The zero-order valence-corrected chi connectivity index (χ0v) is 18.7. The molecule has 0 aromatic heterocycles. The highest BCUT2D eigenvalue weighted by Crippen LogP contribution is 2.06. The number of carbonyl (C=O) groups excluding carboxylic acids is 4. The number of rotatable bonds is 14. The first-order chi connectivity index (χ1) is 14.3. The van der Waals surface area contributed by atoms with E-state index < -0.39 is 59.9 Å². The third kappa shape index (κ3) is 11.0. The van der Waals surface area contributed by atoms with Gasteiger partial charge in [0.15, 0.2) is 0 Å². The van der Waals surface area contributed by atoms with E-state index in [2.05, 4.69) is 28.6 Å². The Morgan fingerprint density at radius 2 is 1.48 bits per heavy atom. The van der Waals surface area contributed by atoms with Crippen LogP contribution in [0.3, 0.4) is 0 Å². The molecule has 5 atom stereocenters. The van der Waals surface area contributed by atoms with Crippen molar-refractivity contribution in [2.24, 2.45) is 17.4 Å². The van der Waals surface area contributed by atoms with Gasteiger partial charge in [0.05, 0.1) is 12.1 Å². The maximum absolute atomic E-state index is 12.5. The van der Waals surface area contributed by atoms with E-state index >= 15 is 0 Å². The van der Waals surface area contributed by atoms with Crippen molar-refractivity contribution in [3.05, 3.63) is 0 Å². The van der Waals surface area contributed by atoms with Gasteiger partial charge in [-0.2, -0.15) is 12.6 Å². The molecule has 0 aliphatic rings. The summed E-state index contributed by atoms with van der Waals surface area (Å²) in [5.74, 6) is -4.49. The van der Waals surface area contributed by atoms with E-state index in [-0.39, 0.29) is 30.9 Å². The van der Waals surface area contributed by atoms with Crippen LogP contribution in [0.2, 0.25) is 0 Å². The summed E-state index contributed by atoms with van der Waals surface area (Å²) in [4.78, 5) is 59.3. The number of amides is 4. The summed E-state index contributed by atoms with van der Waals surface area (Å²) < 4.78 is 0. The summed E-state index contributed by atoms with van der Waals surface area (Å²) >= 11 is 4.01. The number of carboxylic acid groups (broad SMARTS) is 1. The number of carbonyl (C=O) groups is 5. The SMILES string of the molecule is CC(C)CC(NC(=O)C(CS)NC(=O)C(NC(=O)C(N)CCC(N)=O)C(C)O)C(=O)O. The molecule has 12 nitrogen and oxygen atoms in total. The fraction of sp³-hybridized carbons (Fsp3) is 0.722. The lowest BCUT2D eigenvalue weighted by atomic mass is 10.0. The molecule has 0 fully saturated rings. The number of thiol groups is 1. The Morgan fingerprint density at radius 1 is 0.935 bits per heavy atom. The zero-order valence-electron chi connectivity index (χ0n) is 17.8. The van der Waals surface area contributed by atoms with Crippen LogP contribution in [0.25, 0.3) is 0 Å². The van der Waals surface area contributed by atoms with Gasteiger partial charge in [0.1, 0.15) is 18.1 Å². The number of nitrogens with two attached hydrogens (primary N) is 2. The molecule has 0 spiro atoms. The molecule has 0 saturated heterocycles. The van der Waals surface area contributed by atoms with Crippen LogP contribution in [-0.4, -0.2) is 75.8 Å². The standard InChI is InChI=1S/C18H33N5O7S/c1-8(2)6-11(18(29)30)21-16(27)12(7-31)22-17(28)14(9(3)24)23-15(26)10(19)4-5-13(20)25/h8-12,14,24,31H,4-7,19H2,1-3H3,(H2,20,25)(H,21,27)(H,22,28)(H,23,26)(H,29,30). The van der Waals surface area contributed by atoms with Crippen molar-refractivity contribution >= 4 is 42.2 Å². The van der Waals surface area contributed by atoms with E-state index in [0.717, 1.165) is 0 Å². The molecule has 0 aliphatic carbocycles. The van der Waals surface area contributed by atoms with Crippen molar-refractivity contribution < 1.29 is 34.2 Å². The molecule has 0 saturated carbocycles. The smallest absolute Gasteiger partial charge is 0.326 e. The minimum absolute atomic E-state index is 0.000882. The van der Waals surface area contributed by atoms with Gasteiger partial charge in [0.2, 0.25) is 23.6 Å². The summed E-state index contributed by atoms with van der Waals surface area (Å²) in [6.07, 6.45) is -1.35. The normalized spacial score (nSPS) is 15.8. The zero-order chi connectivity index (χ0) is 24.3. The molecule has 0 heterocycles. The molecule has 5 unspecified atom stereocenters. The molecule has 0 rings (SSSR count). The van der Waals surface area contributed by atoms with E-state index in [4.69, 9.17) is 11.5 Å². The Bertz CT molecular complexity index is 659. The fourth-order valence-corrected chi connectivity index (χ4v) is 2.77. The summed E-state index contributed by atoms with van der Waals surface area (Å²) in [6, 6.07) is -4.96. The highest BCUT2D eigenvalue weighted by atomic mass is 32.1. The average Bonchev–Trinajstić information content (AvgIpc) is 2.66. The molecule has 4 amide bonds. The van der Waals surface area contributed by atoms with Gasteiger partial charge in [-0.25, -0.2) is 4.79 Å². The number of primary amides is 1. The second-order valence-corrected chi connectivity index (χ2v) is 7.98. The van der Waals surface area contributed by atoms with Crippen LogP contribution in [0.5, 0.6) is 0 Å². The highest BCUT2D eigenvalue weighted by Gasteiger charge is 2.32. The predicted octanol–water partition coefficient (Wildman–Crippen LogP) is -2.53. The van der Waals surface area contributed by atoms with Gasteiger partial charge in [-0.05, 0) is 25.7 Å². The molecular formula is C18H33N5O7S. The quantitative estimate of drug-likeness (QED) is 0.128. The van der Waals surface area contributed by atoms with E-state index in [1.807, 2.05) is 0 Å². The monoisotopic (exact) mass is 463 g/mol. The van der Waals surface area contributed by atoms with Crippen LogP contribution in [0.1, 0.15) is 40.0 Å². The van der Waals surface area contributed by atoms with E-state index in [1.165, 1.54) is 6.92 Å². The Labute approximate surface area is 186 Å². The molecule has 0 aromatic carbocycles. The molecular weight excluding hydrogens is 430 g/mol. The lowest BCUT2D eigenvalue weighted by Gasteiger charge is -2.26. The van der Waals surface area contributed by atoms with E-state index in [0.29, 0.717) is 0 Å². The van der Waals surface area contributed by atoms with Crippen LogP contribution >= 0.6 is 12.6 Å². The van der Waals surface area contributed by atoms with Gasteiger partial charge >= 0.3 is 5.97 Å². The maximum atomic E-state index is 12.5. The third-order valence-corrected chi connectivity index (χ3v) is 4.60. The number of aliphatic hydroxyl groups is 1. The first-order valence-corrected chi connectivity index (χ1v) is 10.4. The predicted molar refractivity (Wildman–Crippen MR) is 115 cm³/mol. The van der Waals surface area contributed by atoms with Gasteiger partial charge < -0.3 is 37.6 Å². The van der Waals surface area contributed by atoms with Crippen molar-refractivity contribution in [3.63, 3.8) is 0 Å². The van der Waals surface area contributed by atoms with Crippen LogP contribution in [0.15, 0.2) is 0 Å². The summed E-state index contributed by atoms with van der Waals surface area (Å²) in [5.41, 5.74) is 10.7. The van der Waals surface area contributed by atoms with Gasteiger partial charge in [-0.1, -0.05) is 13.8 Å². The average molecular weight is 464 g/mol. The van der Waals surface area contributed by atoms with Crippen molar-refractivity contribution in [2.75, 3.05) is 5.75 Å². The fourth-order valence-electron chi connectivity index (χ4n) is 2.52. The Hall–Kier alpha value is -2.38. The van der Waals surface area contributed by atoms with Crippen LogP contribution in [0.4, 0.5) is 0 Å². The molecule has 0 aromatic rings. The first-order valence-electron chi connectivity index (χ1n) is 9.76. The van der Waals surface area contributed by atoms with Crippen molar-refractivity contribution in [3.8, 4) is 0 Å². The second kappa shape index (κ2) is 13.8. The molecule has 13 heteroatoms. The topological polar surface area (TPSA) is 214 Å². The van der Waals surface area contributed by atoms with Crippen LogP contribution in [0, 0.1) is 5.92 Å². The van der Waals surface area contributed by atoms with Gasteiger partial charge in [0.25, 0.3) is 0 Å². The van der Waals surface area contributed by atoms with E-state index in [9.17, 15) is 34.2 Å². The van der Waals surface area contributed by atoms with Crippen molar-refractivity contribution in [1.29, 1.82) is 0 Å². The van der Waals surface area contributed by atoms with Gasteiger partial charge in [-0.15, -0.1) is 0 Å². The number of aliphatic hydroxyl groups excluding tert-OH is 1. The molecule has 9 N–H and O–H groups in total. The Balaban J connectivity index is 5.13. The van der Waals surface area contributed by atoms with Gasteiger partial charge in [-0.3, -0.25) is 19.2 Å². The second-order valence-electron chi connectivity index (χ2n) is 7.61. The highest BCUT2D eigenvalue weighted by molar-refractivity contribution is 7.80. The molecule has 178 valence electrons. The third-order valence-electron chi connectivity index (χ3n) is 4.24. The van der Waals surface area contributed by atoms with Crippen molar-refractivity contribution in [1.82, 2.24) is 16.0 Å². The van der Waals surface area contributed by atoms with E-state index in [1.54, 1.807) is 13.8 Å².